The molecule has 4 nitrogen and oxygen atoms in total. The smallest absolute Gasteiger partial charge is 0.431 e. The third-order valence-corrected chi connectivity index (χ3v) is 2.33. The van der Waals surface area contributed by atoms with Crippen LogP contribution in [0, 0.1) is 0 Å². The van der Waals surface area contributed by atoms with Crippen molar-refractivity contribution in [1.29, 1.82) is 0 Å². The molecule has 0 radical (unpaired) electrons. The van der Waals surface area contributed by atoms with Crippen LogP contribution in [-0.2, 0) is 18.6 Å². The van der Waals surface area contributed by atoms with Crippen LogP contribution in [0.15, 0.2) is 0 Å². The molecule has 0 aromatic heterocycles. The van der Waals surface area contributed by atoms with E-state index in [9.17, 15) is 9.36 Å². The number of rotatable bonds is 3. The largest absolute Gasteiger partial charge is 0.511 e. The molecule has 0 spiro atoms. The molecule has 1 aliphatic rings. The van der Waals surface area contributed by atoms with Crippen molar-refractivity contribution in [3.05, 3.63) is 0 Å². The summed E-state index contributed by atoms with van der Waals surface area (Å²) in [7, 11) is -1.64. The maximum Gasteiger partial charge on any atom is 0.511 e. The lowest BCUT2D eigenvalue weighted by molar-refractivity contribution is -0.150. The fraction of sp³-hybridized carbons (Fsp3) is 0.833. The van der Waals surface area contributed by atoms with Crippen LogP contribution in [0.25, 0.3) is 0 Å². The maximum absolute atomic E-state index is 10.8. The van der Waals surface area contributed by atoms with Gasteiger partial charge in [-0.3, -0.25) is 4.79 Å². The molecule has 0 saturated carbocycles. The first-order valence-electron chi connectivity index (χ1n) is 3.53. The SMILES string of the molecule is CC[P+](=O)OC1CCC(=O)O1. The Morgan fingerprint density at radius 3 is 3.00 bits per heavy atom. The molecule has 0 aromatic rings. The van der Waals surface area contributed by atoms with Gasteiger partial charge in [0.15, 0.2) is 6.16 Å². The van der Waals surface area contributed by atoms with E-state index in [2.05, 4.69) is 4.74 Å². The zero-order valence-corrected chi connectivity index (χ0v) is 7.17. The Kier molecular flexibility index (Phi) is 2.97. The average Bonchev–Trinajstić information content (AvgIpc) is 2.35. The number of ether oxygens (including phenoxy) is 1. The number of hydrogen-bond acceptors (Lipinski definition) is 4. The van der Waals surface area contributed by atoms with E-state index < -0.39 is 14.3 Å². The third kappa shape index (κ3) is 2.56. The summed E-state index contributed by atoms with van der Waals surface area (Å²) in [5, 5.41) is 0. The molecule has 5 heteroatoms. The van der Waals surface area contributed by atoms with Crippen LogP contribution in [0.2, 0.25) is 0 Å². The van der Waals surface area contributed by atoms with Crippen LogP contribution >= 0.6 is 8.03 Å². The second kappa shape index (κ2) is 3.79. The van der Waals surface area contributed by atoms with Crippen molar-refractivity contribution in [3.63, 3.8) is 0 Å². The molecule has 62 valence electrons. The second-order valence-corrected chi connectivity index (χ2v) is 3.72. The Balaban J connectivity index is 2.28. The van der Waals surface area contributed by atoms with Gasteiger partial charge in [-0.2, -0.15) is 0 Å². The molecule has 1 saturated heterocycles. The Bertz CT molecular complexity index is 179. The predicted octanol–water partition coefficient (Wildman–Crippen LogP) is 1.43. The van der Waals surface area contributed by atoms with Crippen molar-refractivity contribution in [1.82, 2.24) is 0 Å². The molecule has 2 unspecified atom stereocenters. The molecule has 2 atom stereocenters. The van der Waals surface area contributed by atoms with Gasteiger partial charge in [0.25, 0.3) is 6.29 Å². The van der Waals surface area contributed by atoms with Gasteiger partial charge in [-0.05, 0) is 11.5 Å². The molecule has 0 N–H and O–H groups in total. The Morgan fingerprint density at radius 1 is 1.82 bits per heavy atom. The molecule has 0 aromatic carbocycles. The molecule has 0 amide bonds. The monoisotopic (exact) mass is 177 g/mol. The Morgan fingerprint density at radius 2 is 2.55 bits per heavy atom. The quantitative estimate of drug-likeness (QED) is 0.483. The first-order chi connectivity index (χ1) is 5.22. The number of cyclic esters (lactones) is 1. The van der Waals surface area contributed by atoms with Crippen molar-refractivity contribution in [2.24, 2.45) is 0 Å². The summed E-state index contributed by atoms with van der Waals surface area (Å²) in [6, 6.07) is 0. The first kappa shape index (κ1) is 8.62. The summed E-state index contributed by atoms with van der Waals surface area (Å²) in [6.45, 7) is 1.76. The van der Waals surface area contributed by atoms with Gasteiger partial charge in [0.2, 0.25) is 0 Å². The van der Waals surface area contributed by atoms with Crippen molar-refractivity contribution in [2.45, 2.75) is 26.1 Å². The summed E-state index contributed by atoms with van der Waals surface area (Å²) < 4.78 is 20.4. The van der Waals surface area contributed by atoms with Crippen LogP contribution in [0.5, 0.6) is 0 Å². The highest BCUT2D eigenvalue weighted by molar-refractivity contribution is 7.39. The van der Waals surface area contributed by atoms with Crippen molar-refractivity contribution < 1.29 is 18.6 Å². The maximum atomic E-state index is 10.8. The van der Waals surface area contributed by atoms with Gasteiger partial charge in [-0.25, -0.2) is 0 Å². The normalized spacial score (nSPS) is 25.0. The average molecular weight is 177 g/mol. The molecular weight excluding hydrogens is 167 g/mol. The number of carbonyl (C=O) groups is 1. The zero-order valence-electron chi connectivity index (χ0n) is 6.28. The van der Waals surface area contributed by atoms with Gasteiger partial charge >= 0.3 is 14.0 Å². The summed E-state index contributed by atoms with van der Waals surface area (Å²) in [5.41, 5.74) is 0. The molecular formula is C6H10O4P+. The summed E-state index contributed by atoms with van der Waals surface area (Å²) in [5.74, 6) is -0.269. The van der Waals surface area contributed by atoms with Crippen molar-refractivity contribution in [3.8, 4) is 0 Å². The number of carbonyl (C=O) groups excluding carboxylic acids is 1. The molecule has 0 aliphatic carbocycles. The van der Waals surface area contributed by atoms with E-state index in [0.717, 1.165) is 0 Å². The molecule has 1 fully saturated rings. The van der Waals surface area contributed by atoms with E-state index in [1.54, 1.807) is 6.92 Å². The Hall–Kier alpha value is -0.470. The molecule has 11 heavy (non-hydrogen) atoms. The predicted molar refractivity (Wildman–Crippen MR) is 38.3 cm³/mol. The standard InChI is InChI=1S/C6H10O4P/c1-2-11(8)10-6-4-3-5(7)9-6/h6H,2-4H2,1H3/q+1. The van der Waals surface area contributed by atoms with Gasteiger partial charge < -0.3 is 4.74 Å². The minimum absolute atomic E-state index is 0.269. The highest BCUT2D eigenvalue weighted by Crippen LogP contribution is 2.28. The molecule has 1 rings (SSSR count). The van der Waals surface area contributed by atoms with Crippen LogP contribution in [0.3, 0.4) is 0 Å². The molecule has 0 bridgehead atoms. The van der Waals surface area contributed by atoms with Gasteiger partial charge in [0.05, 0.1) is 6.42 Å². The molecule has 1 heterocycles. The van der Waals surface area contributed by atoms with Gasteiger partial charge in [0, 0.05) is 6.42 Å². The molecule has 1 aliphatic heterocycles. The number of hydrogen-bond donors (Lipinski definition) is 0. The minimum Gasteiger partial charge on any atom is -0.431 e. The van der Waals surface area contributed by atoms with Crippen LogP contribution in [-0.4, -0.2) is 18.4 Å². The zero-order chi connectivity index (χ0) is 8.27. The van der Waals surface area contributed by atoms with Crippen molar-refractivity contribution >= 4 is 14.0 Å². The van der Waals surface area contributed by atoms with E-state index in [0.29, 0.717) is 19.0 Å². The summed E-state index contributed by atoms with van der Waals surface area (Å²) in [6.07, 6.45) is 0.798. The minimum atomic E-state index is -1.64. The van der Waals surface area contributed by atoms with E-state index in [4.69, 9.17) is 4.52 Å². The van der Waals surface area contributed by atoms with E-state index in [1.807, 2.05) is 0 Å². The van der Waals surface area contributed by atoms with Crippen LogP contribution < -0.4 is 0 Å². The first-order valence-corrected chi connectivity index (χ1v) is 4.89. The van der Waals surface area contributed by atoms with Crippen LogP contribution in [0.4, 0.5) is 0 Å². The topological polar surface area (TPSA) is 52.6 Å². The van der Waals surface area contributed by atoms with Gasteiger partial charge in [0.1, 0.15) is 0 Å². The summed E-state index contributed by atoms with van der Waals surface area (Å²) in [4.78, 5) is 10.5. The lowest BCUT2D eigenvalue weighted by atomic mass is 10.4. The van der Waals surface area contributed by atoms with E-state index >= 15 is 0 Å². The Labute approximate surface area is 65.7 Å². The second-order valence-electron chi connectivity index (χ2n) is 2.21. The van der Waals surface area contributed by atoms with Crippen LogP contribution in [0.1, 0.15) is 19.8 Å². The fourth-order valence-corrected chi connectivity index (χ4v) is 1.34. The van der Waals surface area contributed by atoms with Gasteiger partial charge in [-0.1, -0.05) is 0 Å². The van der Waals surface area contributed by atoms with E-state index in [1.165, 1.54) is 0 Å². The lowest BCUT2D eigenvalue weighted by Gasteiger charge is -1.98. The van der Waals surface area contributed by atoms with Crippen molar-refractivity contribution in [2.75, 3.05) is 6.16 Å². The highest BCUT2D eigenvalue weighted by atomic mass is 31.1. The fourth-order valence-electron chi connectivity index (χ4n) is 0.780. The van der Waals surface area contributed by atoms with Gasteiger partial charge in [-0.15, -0.1) is 4.52 Å². The third-order valence-electron chi connectivity index (χ3n) is 1.34. The number of esters is 1. The lowest BCUT2D eigenvalue weighted by Crippen LogP contribution is -2.07. The van der Waals surface area contributed by atoms with E-state index in [-0.39, 0.29) is 5.97 Å². The highest BCUT2D eigenvalue weighted by Gasteiger charge is 2.31. The summed E-state index contributed by atoms with van der Waals surface area (Å²) >= 11 is 0.